The molecule has 0 bridgehead atoms. The normalized spacial score (nSPS) is 13.9. The lowest BCUT2D eigenvalue weighted by Gasteiger charge is -2.13. The molecule has 0 saturated carbocycles. The highest BCUT2D eigenvalue weighted by molar-refractivity contribution is 7.95. The zero-order valence-corrected chi connectivity index (χ0v) is 14.1. The van der Waals surface area contributed by atoms with Gasteiger partial charge in [-0.15, -0.1) is 0 Å². The summed E-state index contributed by atoms with van der Waals surface area (Å²) in [5.41, 5.74) is 1.48. The van der Waals surface area contributed by atoms with Crippen LogP contribution in [0.2, 0.25) is 0 Å². The molecule has 1 aromatic carbocycles. The first kappa shape index (κ1) is 17.9. The minimum Gasteiger partial charge on any atom is -0.310 e. The number of rotatable bonds is 8. The highest BCUT2D eigenvalue weighted by atomic mass is 32.2. The van der Waals surface area contributed by atoms with Crippen molar-refractivity contribution in [2.45, 2.75) is 19.9 Å². The molecule has 0 aliphatic carbocycles. The lowest BCUT2D eigenvalue weighted by atomic mass is 10.1. The monoisotopic (exact) mass is 334 g/mol. The van der Waals surface area contributed by atoms with Gasteiger partial charge in [0.1, 0.15) is 9.84 Å². The summed E-state index contributed by atoms with van der Waals surface area (Å²) in [7, 11) is -6.96. The number of sulfone groups is 1. The van der Waals surface area contributed by atoms with Crippen LogP contribution in [0, 0.1) is 0 Å². The van der Waals surface area contributed by atoms with E-state index in [0.717, 1.165) is 18.4 Å². The van der Waals surface area contributed by atoms with Crippen LogP contribution in [-0.4, -0.2) is 41.1 Å². The maximum atomic E-state index is 11.8. The van der Waals surface area contributed by atoms with Gasteiger partial charge in [0.2, 0.25) is 10.0 Å². The number of sulfonamides is 1. The quantitative estimate of drug-likeness (QED) is 0.744. The Hall–Kier alpha value is -1.12. The SMILES string of the molecule is CCNC(C)c1ccc(NS(=O)(=O)CCS(C)(=O)=O)cc1. The number of anilines is 1. The van der Waals surface area contributed by atoms with Crippen LogP contribution in [0.3, 0.4) is 0 Å². The summed E-state index contributed by atoms with van der Waals surface area (Å²) in [4.78, 5) is 0. The van der Waals surface area contributed by atoms with E-state index in [1.807, 2.05) is 26.0 Å². The van der Waals surface area contributed by atoms with Gasteiger partial charge in [-0.1, -0.05) is 19.1 Å². The number of hydrogen-bond acceptors (Lipinski definition) is 5. The molecule has 0 aromatic heterocycles. The van der Waals surface area contributed by atoms with Crippen LogP contribution in [0.15, 0.2) is 24.3 Å². The van der Waals surface area contributed by atoms with E-state index in [2.05, 4.69) is 10.0 Å². The molecular weight excluding hydrogens is 312 g/mol. The summed E-state index contributed by atoms with van der Waals surface area (Å²) >= 11 is 0. The Balaban J connectivity index is 2.71. The highest BCUT2D eigenvalue weighted by Gasteiger charge is 2.14. The maximum Gasteiger partial charge on any atom is 0.233 e. The highest BCUT2D eigenvalue weighted by Crippen LogP contribution is 2.16. The molecule has 1 rings (SSSR count). The zero-order valence-electron chi connectivity index (χ0n) is 12.5. The van der Waals surface area contributed by atoms with Crippen LogP contribution < -0.4 is 10.0 Å². The third-order valence-corrected chi connectivity index (χ3v) is 5.41. The number of hydrogen-bond donors (Lipinski definition) is 2. The summed E-state index contributed by atoms with van der Waals surface area (Å²) in [5.74, 6) is -0.834. The minimum atomic E-state index is -3.66. The van der Waals surface area contributed by atoms with Crippen molar-refractivity contribution in [2.75, 3.05) is 29.0 Å². The second-order valence-corrected chi connectivity index (χ2v) is 9.05. The van der Waals surface area contributed by atoms with Gasteiger partial charge in [0, 0.05) is 18.0 Å². The molecule has 120 valence electrons. The molecule has 0 aliphatic rings. The molecule has 0 saturated heterocycles. The van der Waals surface area contributed by atoms with E-state index in [1.165, 1.54) is 0 Å². The van der Waals surface area contributed by atoms with Crippen LogP contribution in [0.4, 0.5) is 5.69 Å². The van der Waals surface area contributed by atoms with Crippen molar-refractivity contribution in [3.8, 4) is 0 Å². The summed E-state index contributed by atoms with van der Waals surface area (Å²) in [5, 5.41) is 3.26. The predicted octanol–water partition coefficient (Wildman–Crippen LogP) is 1.14. The third kappa shape index (κ3) is 6.92. The molecule has 1 atom stereocenters. The molecule has 2 N–H and O–H groups in total. The van der Waals surface area contributed by atoms with Gasteiger partial charge in [0.25, 0.3) is 0 Å². The van der Waals surface area contributed by atoms with Gasteiger partial charge in [0.05, 0.1) is 11.5 Å². The first-order chi connectivity index (χ1) is 9.63. The Morgan fingerprint density at radius 3 is 2.10 bits per heavy atom. The smallest absolute Gasteiger partial charge is 0.233 e. The molecule has 0 fully saturated rings. The van der Waals surface area contributed by atoms with E-state index >= 15 is 0 Å². The molecule has 0 spiro atoms. The second-order valence-electron chi connectivity index (χ2n) is 4.95. The summed E-state index contributed by atoms with van der Waals surface area (Å²) < 4.78 is 48.0. The van der Waals surface area contributed by atoms with Gasteiger partial charge in [0.15, 0.2) is 0 Å². The molecule has 6 nitrogen and oxygen atoms in total. The lowest BCUT2D eigenvalue weighted by molar-refractivity contribution is 0.593. The van der Waals surface area contributed by atoms with Crippen LogP contribution in [0.25, 0.3) is 0 Å². The predicted molar refractivity (Wildman–Crippen MR) is 85.7 cm³/mol. The van der Waals surface area contributed by atoms with E-state index in [-0.39, 0.29) is 6.04 Å². The lowest BCUT2D eigenvalue weighted by Crippen LogP contribution is -2.22. The molecule has 0 amide bonds. The van der Waals surface area contributed by atoms with Gasteiger partial charge >= 0.3 is 0 Å². The molecule has 0 radical (unpaired) electrons. The van der Waals surface area contributed by atoms with Crippen molar-refractivity contribution in [3.63, 3.8) is 0 Å². The number of benzene rings is 1. The third-order valence-electron chi connectivity index (χ3n) is 2.92. The van der Waals surface area contributed by atoms with Gasteiger partial charge in [-0.2, -0.15) is 0 Å². The minimum absolute atomic E-state index is 0.186. The average molecular weight is 334 g/mol. The van der Waals surface area contributed by atoms with Crippen molar-refractivity contribution in [3.05, 3.63) is 29.8 Å². The Bertz CT molecular complexity index is 652. The van der Waals surface area contributed by atoms with Crippen molar-refractivity contribution in [2.24, 2.45) is 0 Å². The Morgan fingerprint density at radius 1 is 1.05 bits per heavy atom. The average Bonchev–Trinajstić information content (AvgIpc) is 2.36. The van der Waals surface area contributed by atoms with E-state index in [9.17, 15) is 16.8 Å². The van der Waals surface area contributed by atoms with Gasteiger partial charge in [-0.25, -0.2) is 16.8 Å². The molecular formula is C13H22N2O4S2. The van der Waals surface area contributed by atoms with E-state index in [0.29, 0.717) is 5.69 Å². The maximum absolute atomic E-state index is 11.8. The van der Waals surface area contributed by atoms with E-state index < -0.39 is 31.4 Å². The molecule has 0 aliphatic heterocycles. The van der Waals surface area contributed by atoms with Crippen LogP contribution >= 0.6 is 0 Å². The Kier molecular flexibility index (Phi) is 6.18. The van der Waals surface area contributed by atoms with Gasteiger partial charge in [-0.05, 0) is 31.2 Å². The zero-order chi connectivity index (χ0) is 16.1. The fourth-order valence-electron chi connectivity index (χ4n) is 1.76. The first-order valence-electron chi connectivity index (χ1n) is 6.64. The number of nitrogens with one attached hydrogen (secondary N) is 2. The summed E-state index contributed by atoms with van der Waals surface area (Å²) in [6.07, 6.45) is 1.01. The molecule has 1 aromatic rings. The summed E-state index contributed by atoms with van der Waals surface area (Å²) in [6, 6.07) is 7.19. The van der Waals surface area contributed by atoms with Crippen LogP contribution in [-0.2, 0) is 19.9 Å². The topological polar surface area (TPSA) is 92.3 Å². The molecule has 1 unspecified atom stereocenters. The van der Waals surface area contributed by atoms with Crippen LogP contribution in [0.5, 0.6) is 0 Å². The van der Waals surface area contributed by atoms with Crippen molar-refractivity contribution in [1.82, 2.24) is 5.32 Å². The van der Waals surface area contributed by atoms with Gasteiger partial charge < -0.3 is 5.32 Å². The molecule has 8 heteroatoms. The van der Waals surface area contributed by atoms with Gasteiger partial charge in [-0.3, -0.25) is 4.72 Å². The fraction of sp³-hybridized carbons (Fsp3) is 0.538. The van der Waals surface area contributed by atoms with Crippen molar-refractivity contribution < 1.29 is 16.8 Å². The largest absolute Gasteiger partial charge is 0.310 e. The second kappa shape index (κ2) is 7.24. The molecule has 0 heterocycles. The van der Waals surface area contributed by atoms with E-state index in [4.69, 9.17) is 0 Å². The fourth-order valence-corrected chi connectivity index (χ4v) is 4.44. The van der Waals surface area contributed by atoms with E-state index in [1.54, 1.807) is 12.1 Å². The Labute approximate surface area is 126 Å². The van der Waals surface area contributed by atoms with Crippen LogP contribution in [0.1, 0.15) is 25.5 Å². The van der Waals surface area contributed by atoms with Crippen molar-refractivity contribution >= 4 is 25.5 Å². The molecule has 21 heavy (non-hydrogen) atoms. The first-order valence-corrected chi connectivity index (χ1v) is 10.4. The Morgan fingerprint density at radius 2 is 1.62 bits per heavy atom. The summed E-state index contributed by atoms with van der Waals surface area (Å²) in [6.45, 7) is 4.89. The standard InChI is InChI=1S/C13H22N2O4S2/c1-4-14-11(2)12-5-7-13(8-6-12)15-21(18,19)10-9-20(3,16)17/h5-8,11,14-15H,4,9-10H2,1-3H3. The van der Waals surface area contributed by atoms with Crippen molar-refractivity contribution in [1.29, 1.82) is 0 Å².